The maximum Gasteiger partial charge on any atom is 0.417 e. The van der Waals surface area contributed by atoms with Gasteiger partial charge in [0.05, 0.1) is 23.1 Å². The maximum atomic E-state index is 13.2. The van der Waals surface area contributed by atoms with Gasteiger partial charge in [-0.15, -0.1) is 0 Å². The molecule has 1 unspecified atom stereocenters. The number of carbonyl (C=O) groups is 1. The Morgan fingerprint density at radius 1 is 1.40 bits per heavy atom. The predicted molar refractivity (Wildman–Crippen MR) is 83.6 cm³/mol. The van der Waals surface area contributed by atoms with Crippen molar-refractivity contribution in [3.8, 4) is 0 Å². The highest BCUT2D eigenvalue weighted by atomic mass is 32.2. The molecule has 0 aromatic heterocycles. The van der Waals surface area contributed by atoms with Gasteiger partial charge in [-0.3, -0.25) is 0 Å². The zero-order valence-electron chi connectivity index (χ0n) is 13.5. The van der Waals surface area contributed by atoms with Crippen LogP contribution in [0.1, 0.15) is 28.8 Å². The third-order valence-electron chi connectivity index (χ3n) is 3.97. The second-order valence-electron chi connectivity index (χ2n) is 5.76. The van der Waals surface area contributed by atoms with Crippen LogP contribution in [0.3, 0.4) is 0 Å². The van der Waals surface area contributed by atoms with Gasteiger partial charge < -0.3 is 10.1 Å². The van der Waals surface area contributed by atoms with Crippen LogP contribution in [-0.2, 0) is 20.9 Å². The first kappa shape index (κ1) is 19.7. The van der Waals surface area contributed by atoms with Crippen molar-refractivity contribution in [3.63, 3.8) is 0 Å². The van der Waals surface area contributed by atoms with Crippen molar-refractivity contribution in [2.45, 2.75) is 23.9 Å². The van der Waals surface area contributed by atoms with E-state index in [4.69, 9.17) is 0 Å². The highest BCUT2D eigenvalue weighted by molar-refractivity contribution is 7.89. The van der Waals surface area contributed by atoms with E-state index in [0.29, 0.717) is 12.6 Å². The lowest BCUT2D eigenvalue weighted by Crippen LogP contribution is -2.38. The minimum absolute atomic E-state index is 0.0833. The number of sulfonamides is 1. The summed E-state index contributed by atoms with van der Waals surface area (Å²) in [6.07, 6.45) is -3.13. The van der Waals surface area contributed by atoms with Crippen LogP contribution >= 0.6 is 0 Å². The van der Waals surface area contributed by atoms with Crippen LogP contribution in [0, 0.1) is 5.92 Å². The number of ether oxygens (including phenoxy) is 1. The zero-order chi connectivity index (χ0) is 18.7. The van der Waals surface area contributed by atoms with Crippen LogP contribution in [0.2, 0.25) is 0 Å². The molecule has 1 aliphatic heterocycles. The molecule has 6 nitrogen and oxygen atoms in total. The van der Waals surface area contributed by atoms with E-state index in [1.54, 1.807) is 0 Å². The summed E-state index contributed by atoms with van der Waals surface area (Å²) in [6, 6.07) is 2.22. The van der Waals surface area contributed by atoms with Crippen molar-refractivity contribution in [3.05, 3.63) is 29.3 Å². The highest BCUT2D eigenvalue weighted by Gasteiger charge is 2.37. The number of hydrogen-bond donors (Lipinski definition) is 2. The minimum Gasteiger partial charge on any atom is -0.465 e. The summed E-state index contributed by atoms with van der Waals surface area (Å²) < 4.78 is 70.7. The molecule has 25 heavy (non-hydrogen) atoms. The number of methoxy groups -OCH3 is 1. The molecule has 0 aliphatic carbocycles. The quantitative estimate of drug-likeness (QED) is 0.761. The van der Waals surface area contributed by atoms with Gasteiger partial charge in [0.15, 0.2) is 0 Å². The predicted octanol–water partition coefficient (Wildman–Crippen LogP) is 1.77. The van der Waals surface area contributed by atoms with Crippen LogP contribution in [0.4, 0.5) is 13.2 Å². The van der Waals surface area contributed by atoms with Crippen LogP contribution in [0.5, 0.6) is 0 Å². The summed E-state index contributed by atoms with van der Waals surface area (Å²) in [5, 5.41) is 3.13. The molecule has 2 N–H and O–H groups in total. The number of halogens is 3. The molecule has 0 bridgehead atoms. The lowest BCUT2D eigenvalue weighted by molar-refractivity contribution is -0.138. The Morgan fingerprint density at radius 2 is 2.12 bits per heavy atom. The molecule has 1 heterocycles. The van der Waals surface area contributed by atoms with Crippen molar-refractivity contribution < 1.29 is 31.1 Å². The van der Waals surface area contributed by atoms with Gasteiger partial charge in [-0.1, -0.05) is 0 Å². The van der Waals surface area contributed by atoms with E-state index in [-0.39, 0.29) is 12.5 Å². The first-order chi connectivity index (χ1) is 11.6. The van der Waals surface area contributed by atoms with E-state index < -0.39 is 38.2 Å². The van der Waals surface area contributed by atoms with Gasteiger partial charge in [0.1, 0.15) is 0 Å². The standard InChI is InChI=1S/C15H19F3N2O4S/c1-24-14(21)12-5-4-11(7-13(12)15(16,17)18)25(22,23)20-9-10-3-2-6-19-8-10/h4-5,7,10,19-20H,2-3,6,8-9H2,1H3. The van der Waals surface area contributed by atoms with Crippen LogP contribution in [0.15, 0.2) is 23.1 Å². The summed E-state index contributed by atoms with van der Waals surface area (Å²) in [6.45, 7) is 1.65. The lowest BCUT2D eigenvalue weighted by atomic mass is 10.0. The Morgan fingerprint density at radius 3 is 2.68 bits per heavy atom. The molecular weight excluding hydrogens is 361 g/mol. The Kier molecular flexibility index (Phi) is 6.07. The molecule has 0 spiro atoms. The van der Waals surface area contributed by atoms with E-state index in [0.717, 1.165) is 38.6 Å². The van der Waals surface area contributed by atoms with Crippen molar-refractivity contribution >= 4 is 16.0 Å². The third kappa shape index (κ3) is 4.93. The Bertz CT molecular complexity index is 729. The number of nitrogens with one attached hydrogen (secondary N) is 2. The van der Waals surface area contributed by atoms with Crippen molar-refractivity contribution in [2.24, 2.45) is 5.92 Å². The second kappa shape index (κ2) is 7.71. The molecule has 1 fully saturated rings. The molecule has 0 saturated carbocycles. The minimum atomic E-state index is -4.89. The third-order valence-corrected chi connectivity index (χ3v) is 5.39. The Labute approximate surface area is 143 Å². The van der Waals surface area contributed by atoms with Gasteiger partial charge in [-0.05, 0) is 50.0 Å². The van der Waals surface area contributed by atoms with Gasteiger partial charge in [0.25, 0.3) is 0 Å². The first-order valence-electron chi connectivity index (χ1n) is 7.65. The molecule has 10 heteroatoms. The monoisotopic (exact) mass is 380 g/mol. The number of rotatable bonds is 5. The molecule has 1 atom stereocenters. The van der Waals surface area contributed by atoms with Crippen molar-refractivity contribution in [1.29, 1.82) is 0 Å². The van der Waals surface area contributed by atoms with E-state index in [1.807, 2.05) is 0 Å². The zero-order valence-corrected chi connectivity index (χ0v) is 14.3. The van der Waals surface area contributed by atoms with Gasteiger partial charge >= 0.3 is 12.1 Å². The average molecular weight is 380 g/mol. The fourth-order valence-electron chi connectivity index (χ4n) is 2.62. The lowest BCUT2D eigenvalue weighted by Gasteiger charge is -2.23. The number of esters is 1. The summed E-state index contributed by atoms with van der Waals surface area (Å²) >= 11 is 0. The molecular formula is C15H19F3N2O4S. The SMILES string of the molecule is COC(=O)c1ccc(S(=O)(=O)NCC2CCCNC2)cc1C(F)(F)F. The van der Waals surface area contributed by atoms with Crippen molar-refractivity contribution in [2.75, 3.05) is 26.7 Å². The molecule has 1 saturated heterocycles. The molecule has 0 amide bonds. The van der Waals surface area contributed by atoms with Gasteiger partial charge in [0, 0.05) is 6.54 Å². The molecule has 140 valence electrons. The van der Waals surface area contributed by atoms with E-state index in [9.17, 15) is 26.4 Å². The van der Waals surface area contributed by atoms with E-state index >= 15 is 0 Å². The van der Waals surface area contributed by atoms with E-state index in [2.05, 4.69) is 14.8 Å². The number of piperidine rings is 1. The molecule has 1 aliphatic rings. The maximum absolute atomic E-state index is 13.2. The van der Waals surface area contributed by atoms with E-state index in [1.165, 1.54) is 0 Å². The number of hydrogen-bond acceptors (Lipinski definition) is 5. The topological polar surface area (TPSA) is 84.5 Å². The molecule has 0 radical (unpaired) electrons. The van der Waals surface area contributed by atoms with Crippen LogP contribution in [0.25, 0.3) is 0 Å². The van der Waals surface area contributed by atoms with Crippen LogP contribution < -0.4 is 10.0 Å². The van der Waals surface area contributed by atoms with Gasteiger partial charge in [-0.2, -0.15) is 13.2 Å². The fraction of sp³-hybridized carbons (Fsp3) is 0.533. The van der Waals surface area contributed by atoms with Gasteiger partial charge in [-0.25, -0.2) is 17.9 Å². The summed E-state index contributed by atoms with van der Waals surface area (Å²) in [7, 11) is -3.17. The molecule has 2 rings (SSSR count). The number of alkyl halides is 3. The first-order valence-corrected chi connectivity index (χ1v) is 9.13. The van der Waals surface area contributed by atoms with Crippen LogP contribution in [-0.4, -0.2) is 41.1 Å². The highest BCUT2D eigenvalue weighted by Crippen LogP contribution is 2.34. The summed E-state index contributed by atoms with van der Waals surface area (Å²) in [4.78, 5) is 10.9. The molecule has 1 aromatic rings. The normalized spacial score (nSPS) is 18.8. The summed E-state index contributed by atoms with van der Waals surface area (Å²) in [5.41, 5.74) is -2.08. The second-order valence-corrected chi connectivity index (χ2v) is 7.53. The number of benzene rings is 1. The molecule has 1 aromatic carbocycles. The largest absolute Gasteiger partial charge is 0.465 e. The van der Waals surface area contributed by atoms with Crippen molar-refractivity contribution in [1.82, 2.24) is 10.0 Å². The summed E-state index contributed by atoms with van der Waals surface area (Å²) in [5.74, 6) is -1.10. The van der Waals surface area contributed by atoms with Gasteiger partial charge in [0.2, 0.25) is 10.0 Å². The fourth-order valence-corrected chi connectivity index (χ4v) is 3.76. The average Bonchev–Trinajstić information content (AvgIpc) is 2.59. The number of carbonyl (C=O) groups excluding carboxylic acids is 1. The Hall–Kier alpha value is -1.65. The Balaban J connectivity index is 2.26. The smallest absolute Gasteiger partial charge is 0.417 e.